The molecule has 0 unspecified atom stereocenters. The molecule has 5 heteroatoms. The van der Waals surface area contributed by atoms with E-state index in [0.717, 1.165) is 46.4 Å². The monoisotopic (exact) mass is 361 g/mol. The molecule has 0 saturated heterocycles. The molecule has 0 bridgehead atoms. The molecule has 2 heterocycles. The van der Waals surface area contributed by atoms with Crippen LogP contribution in [0.5, 0.6) is 0 Å². The highest BCUT2D eigenvalue weighted by molar-refractivity contribution is 7.99. The maximum absolute atomic E-state index is 6.13. The molecule has 26 heavy (non-hydrogen) atoms. The number of nitrogens with one attached hydrogen (secondary N) is 1. The zero-order chi connectivity index (χ0) is 17.6. The lowest BCUT2D eigenvalue weighted by Crippen LogP contribution is -1.86. The van der Waals surface area contributed by atoms with E-state index >= 15 is 0 Å². The third-order valence-electron chi connectivity index (χ3n) is 4.08. The van der Waals surface area contributed by atoms with Crippen LogP contribution in [0.2, 0.25) is 0 Å². The highest BCUT2D eigenvalue weighted by Crippen LogP contribution is 2.35. The second-order valence-electron chi connectivity index (χ2n) is 5.95. The topological polar surface area (TPSA) is 54.7 Å². The molecular weight excluding hydrogens is 342 g/mol. The largest absolute Gasteiger partial charge is 0.431 e. The van der Waals surface area contributed by atoms with Crippen LogP contribution in [-0.2, 0) is 6.42 Å². The van der Waals surface area contributed by atoms with Gasteiger partial charge in [-0.05, 0) is 18.4 Å². The van der Waals surface area contributed by atoms with Crippen molar-refractivity contribution in [3.63, 3.8) is 0 Å². The molecule has 0 amide bonds. The summed E-state index contributed by atoms with van der Waals surface area (Å²) in [6.07, 6.45) is 5.86. The molecule has 0 aliphatic heterocycles. The highest BCUT2D eigenvalue weighted by atomic mass is 32.2. The first-order valence-corrected chi connectivity index (χ1v) is 9.61. The number of aromatic nitrogens is 3. The van der Waals surface area contributed by atoms with Gasteiger partial charge in [-0.2, -0.15) is 5.10 Å². The molecule has 1 N–H and O–H groups in total. The zero-order valence-corrected chi connectivity index (χ0v) is 15.1. The van der Waals surface area contributed by atoms with Crippen LogP contribution in [0.25, 0.3) is 22.6 Å². The zero-order valence-electron chi connectivity index (χ0n) is 14.3. The number of H-pyrrole nitrogens is 1. The van der Waals surface area contributed by atoms with Gasteiger partial charge in [0.2, 0.25) is 0 Å². The number of rotatable bonds is 7. The molecule has 4 aromatic rings. The van der Waals surface area contributed by atoms with Crippen molar-refractivity contribution < 1.29 is 4.42 Å². The Balaban J connectivity index is 1.53. The standard InChI is InChI=1S/C21H19N3OS/c1-3-9-17(10-4-1)19-20(18-11-5-2-6-12-18)25-21(24-19)26-13-7-8-16-14-22-23-15-16/h1-6,9-12,14-15H,7-8,13H2,(H,22,23). The number of hydrogen-bond acceptors (Lipinski definition) is 4. The van der Waals surface area contributed by atoms with Gasteiger partial charge in [0.1, 0.15) is 5.69 Å². The molecule has 0 spiro atoms. The van der Waals surface area contributed by atoms with Crippen molar-refractivity contribution in [2.45, 2.75) is 18.1 Å². The van der Waals surface area contributed by atoms with Crippen molar-refractivity contribution in [2.75, 3.05) is 5.75 Å². The predicted octanol–water partition coefficient (Wildman–Crippen LogP) is 5.46. The number of aromatic amines is 1. The van der Waals surface area contributed by atoms with Gasteiger partial charge in [0, 0.05) is 23.1 Å². The Bertz CT molecular complexity index is 877. The fraction of sp³-hybridized carbons (Fsp3) is 0.143. The number of aryl methyl sites for hydroxylation is 1. The summed E-state index contributed by atoms with van der Waals surface area (Å²) in [6.45, 7) is 0. The minimum absolute atomic E-state index is 0.717. The summed E-state index contributed by atoms with van der Waals surface area (Å²) >= 11 is 1.66. The van der Waals surface area contributed by atoms with Crippen LogP contribution in [0.4, 0.5) is 0 Å². The average molecular weight is 361 g/mol. The average Bonchev–Trinajstić information content (AvgIpc) is 3.37. The summed E-state index contributed by atoms with van der Waals surface area (Å²) in [6, 6.07) is 20.3. The third kappa shape index (κ3) is 3.89. The molecule has 130 valence electrons. The lowest BCUT2D eigenvalue weighted by atomic mass is 10.1. The Kier molecular flexibility index (Phi) is 5.17. The van der Waals surface area contributed by atoms with Gasteiger partial charge in [0.25, 0.3) is 5.22 Å². The molecule has 2 aromatic heterocycles. The number of hydrogen-bond donors (Lipinski definition) is 1. The summed E-state index contributed by atoms with van der Waals surface area (Å²) in [4.78, 5) is 4.77. The molecule has 4 rings (SSSR count). The van der Waals surface area contributed by atoms with Crippen LogP contribution < -0.4 is 0 Å². The SMILES string of the molecule is c1ccc(-c2nc(SCCCc3cn[nH]c3)oc2-c2ccccc2)cc1. The Morgan fingerprint density at radius 3 is 2.35 bits per heavy atom. The van der Waals surface area contributed by atoms with Gasteiger partial charge in [0.15, 0.2) is 5.76 Å². The van der Waals surface area contributed by atoms with Crippen molar-refractivity contribution in [2.24, 2.45) is 0 Å². The van der Waals surface area contributed by atoms with Crippen molar-refractivity contribution in [1.82, 2.24) is 15.2 Å². The van der Waals surface area contributed by atoms with Crippen LogP contribution in [0, 0.1) is 0 Å². The van der Waals surface area contributed by atoms with E-state index in [0.29, 0.717) is 0 Å². The Labute approximate surface area is 156 Å². The lowest BCUT2D eigenvalue weighted by Gasteiger charge is -2.00. The van der Waals surface area contributed by atoms with E-state index in [2.05, 4.69) is 34.5 Å². The van der Waals surface area contributed by atoms with E-state index in [1.807, 2.05) is 48.8 Å². The van der Waals surface area contributed by atoms with E-state index in [1.54, 1.807) is 11.8 Å². The number of nitrogens with zero attached hydrogens (tertiary/aromatic N) is 2. The first-order chi connectivity index (χ1) is 12.9. The molecule has 0 aliphatic carbocycles. The van der Waals surface area contributed by atoms with Gasteiger partial charge >= 0.3 is 0 Å². The fourth-order valence-corrected chi connectivity index (χ4v) is 3.55. The number of benzene rings is 2. The summed E-state index contributed by atoms with van der Waals surface area (Å²) in [5.41, 5.74) is 4.24. The van der Waals surface area contributed by atoms with Gasteiger partial charge < -0.3 is 4.42 Å². The molecule has 2 aromatic carbocycles. The summed E-state index contributed by atoms with van der Waals surface area (Å²) in [5, 5.41) is 7.54. The normalized spacial score (nSPS) is 10.9. The number of thioether (sulfide) groups is 1. The summed E-state index contributed by atoms with van der Waals surface area (Å²) in [5.74, 6) is 1.78. The van der Waals surface area contributed by atoms with E-state index in [-0.39, 0.29) is 0 Å². The third-order valence-corrected chi connectivity index (χ3v) is 5.00. The second kappa shape index (κ2) is 8.06. The Morgan fingerprint density at radius 1 is 0.923 bits per heavy atom. The van der Waals surface area contributed by atoms with Gasteiger partial charge in [-0.15, -0.1) is 0 Å². The predicted molar refractivity (Wildman–Crippen MR) is 105 cm³/mol. The molecule has 0 fully saturated rings. The molecular formula is C21H19N3OS. The quantitative estimate of drug-likeness (QED) is 0.351. The molecule has 0 radical (unpaired) electrons. The summed E-state index contributed by atoms with van der Waals surface area (Å²) < 4.78 is 6.13. The smallest absolute Gasteiger partial charge is 0.256 e. The van der Waals surface area contributed by atoms with Gasteiger partial charge in [-0.25, -0.2) is 4.98 Å². The molecule has 0 saturated carbocycles. The van der Waals surface area contributed by atoms with Gasteiger partial charge in [0.05, 0.1) is 6.20 Å². The van der Waals surface area contributed by atoms with Crippen molar-refractivity contribution in [3.05, 3.63) is 78.6 Å². The van der Waals surface area contributed by atoms with Crippen LogP contribution in [-0.4, -0.2) is 20.9 Å². The Hall–Kier alpha value is -2.79. The molecule has 0 aliphatic rings. The second-order valence-corrected chi connectivity index (χ2v) is 6.99. The van der Waals surface area contributed by atoms with Crippen molar-refractivity contribution >= 4 is 11.8 Å². The lowest BCUT2D eigenvalue weighted by molar-refractivity contribution is 0.466. The Morgan fingerprint density at radius 2 is 1.65 bits per heavy atom. The first kappa shape index (κ1) is 16.7. The first-order valence-electron chi connectivity index (χ1n) is 8.62. The minimum Gasteiger partial charge on any atom is -0.431 e. The molecule has 4 nitrogen and oxygen atoms in total. The fourth-order valence-electron chi connectivity index (χ4n) is 2.79. The maximum atomic E-state index is 6.13. The van der Waals surface area contributed by atoms with Crippen molar-refractivity contribution in [1.29, 1.82) is 0 Å². The van der Waals surface area contributed by atoms with Gasteiger partial charge in [-0.1, -0.05) is 72.4 Å². The highest BCUT2D eigenvalue weighted by Gasteiger charge is 2.16. The molecule has 0 atom stereocenters. The van der Waals surface area contributed by atoms with E-state index in [9.17, 15) is 0 Å². The minimum atomic E-state index is 0.717. The van der Waals surface area contributed by atoms with Crippen LogP contribution >= 0.6 is 11.8 Å². The summed E-state index contributed by atoms with van der Waals surface area (Å²) in [7, 11) is 0. The van der Waals surface area contributed by atoms with E-state index < -0.39 is 0 Å². The van der Waals surface area contributed by atoms with E-state index in [1.165, 1.54) is 5.56 Å². The number of oxazole rings is 1. The maximum Gasteiger partial charge on any atom is 0.256 e. The van der Waals surface area contributed by atoms with Crippen LogP contribution in [0.15, 0.2) is 82.7 Å². The van der Waals surface area contributed by atoms with Crippen LogP contribution in [0.3, 0.4) is 0 Å². The van der Waals surface area contributed by atoms with E-state index in [4.69, 9.17) is 9.40 Å². The van der Waals surface area contributed by atoms with Gasteiger partial charge in [-0.3, -0.25) is 5.10 Å². The van der Waals surface area contributed by atoms with Crippen molar-refractivity contribution in [3.8, 4) is 22.6 Å². The van der Waals surface area contributed by atoms with Crippen LogP contribution in [0.1, 0.15) is 12.0 Å².